The summed E-state index contributed by atoms with van der Waals surface area (Å²) >= 11 is 0. The number of aliphatic hydroxyl groups excluding tert-OH is 1. The Hall–Kier alpha value is -1.30. The Bertz CT molecular complexity index is 320. The van der Waals surface area contributed by atoms with Crippen LogP contribution in [0.4, 0.5) is 4.79 Å². The summed E-state index contributed by atoms with van der Waals surface area (Å²) < 4.78 is 0. The number of likely N-dealkylation sites (tertiary alicyclic amines) is 1. The number of urea groups is 1. The molecule has 3 N–H and O–H groups in total. The van der Waals surface area contributed by atoms with Gasteiger partial charge in [0, 0.05) is 19.7 Å². The highest BCUT2D eigenvalue weighted by atomic mass is 16.4. The van der Waals surface area contributed by atoms with Gasteiger partial charge in [-0.3, -0.25) is 0 Å². The van der Waals surface area contributed by atoms with Gasteiger partial charge in [-0.1, -0.05) is 13.8 Å². The largest absolute Gasteiger partial charge is 0.480 e. The van der Waals surface area contributed by atoms with Crippen LogP contribution in [0.1, 0.15) is 33.1 Å². The van der Waals surface area contributed by atoms with E-state index >= 15 is 0 Å². The van der Waals surface area contributed by atoms with Crippen LogP contribution in [0.15, 0.2) is 0 Å². The molecule has 6 nitrogen and oxygen atoms in total. The normalized spacial score (nSPS) is 21.3. The molecule has 1 heterocycles. The second kappa shape index (κ2) is 7.33. The number of rotatable bonds is 5. The van der Waals surface area contributed by atoms with Crippen LogP contribution in [-0.4, -0.2) is 52.9 Å². The summed E-state index contributed by atoms with van der Waals surface area (Å²) in [4.78, 5) is 24.7. The zero-order valence-corrected chi connectivity index (χ0v) is 11.6. The fourth-order valence-corrected chi connectivity index (χ4v) is 2.33. The molecule has 1 unspecified atom stereocenters. The number of amides is 2. The molecule has 2 atom stereocenters. The second-order valence-electron chi connectivity index (χ2n) is 5.61. The van der Waals surface area contributed by atoms with E-state index in [2.05, 4.69) is 5.32 Å². The molecule has 1 aliphatic rings. The molecular formula is C13H24N2O4. The summed E-state index contributed by atoms with van der Waals surface area (Å²) in [5.74, 6) is -0.696. The van der Waals surface area contributed by atoms with Gasteiger partial charge >= 0.3 is 12.0 Å². The van der Waals surface area contributed by atoms with Gasteiger partial charge < -0.3 is 20.4 Å². The first kappa shape index (κ1) is 15.8. The lowest BCUT2D eigenvalue weighted by Gasteiger charge is -2.32. The summed E-state index contributed by atoms with van der Waals surface area (Å²) in [7, 11) is 0. The van der Waals surface area contributed by atoms with E-state index in [1.807, 2.05) is 13.8 Å². The SMILES string of the molecule is CC(C)C[C@@H](NC(=O)N1CCCC(CO)C1)C(=O)O. The number of carboxylic acid groups (broad SMARTS) is 1. The Morgan fingerprint density at radius 3 is 2.63 bits per heavy atom. The predicted octanol–water partition coefficient (Wildman–Crippen LogP) is 0.900. The van der Waals surface area contributed by atoms with E-state index in [1.54, 1.807) is 4.90 Å². The fourth-order valence-electron chi connectivity index (χ4n) is 2.33. The van der Waals surface area contributed by atoms with Crippen molar-refractivity contribution in [2.24, 2.45) is 11.8 Å². The van der Waals surface area contributed by atoms with Gasteiger partial charge in [0.1, 0.15) is 6.04 Å². The van der Waals surface area contributed by atoms with E-state index in [-0.39, 0.29) is 24.5 Å². The highest BCUT2D eigenvalue weighted by Gasteiger charge is 2.27. The van der Waals surface area contributed by atoms with Crippen molar-refractivity contribution in [1.82, 2.24) is 10.2 Å². The summed E-state index contributed by atoms with van der Waals surface area (Å²) in [5.41, 5.74) is 0. The summed E-state index contributed by atoms with van der Waals surface area (Å²) in [6.45, 7) is 5.03. The topological polar surface area (TPSA) is 89.9 Å². The van der Waals surface area contributed by atoms with E-state index in [4.69, 9.17) is 10.2 Å². The number of carbonyl (C=O) groups excluding carboxylic acids is 1. The number of hydrogen-bond acceptors (Lipinski definition) is 3. The van der Waals surface area contributed by atoms with Crippen LogP contribution < -0.4 is 5.32 Å². The monoisotopic (exact) mass is 272 g/mol. The number of hydrogen-bond donors (Lipinski definition) is 3. The summed E-state index contributed by atoms with van der Waals surface area (Å²) in [6.07, 6.45) is 2.17. The second-order valence-corrected chi connectivity index (χ2v) is 5.61. The molecule has 0 bridgehead atoms. The maximum Gasteiger partial charge on any atom is 0.326 e. The number of aliphatic carboxylic acids is 1. The molecule has 0 aliphatic carbocycles. The number of nitrogens with zero attached hydrogens (tertiary/aromatic N) is 1. The van der Waals surface area contributed by atoms with E-state index in [0.717, 1.165) is 12.8 Å². The maximum absolute atomic E-state index is 12.0. The van der Waals surface area contributed by atoms with Crippen LogP contribution in [0.25, 0.3) is 0 Å². The summed E-state index contributed by atoms with van der Waals surface area (Å²) in [5, 5.41) is 20.8. The van der Waals surface area contributed by atoms with Gasteiger partial charge in [-0.2, -0.15) is 0 Å². The van der Waals surface area contributed by atoms with Gasteiger partial charge in [0.25, 0.3) is 0 Å². The number of nitrogens with one attached hydrogen (secondary N) is 1. The van der Waals surface area contributed by atoms with Crippen molar-refractivity contribution in [1.29, 1.82) is 0 Å². The van der Waals surface area contributed by atoms with Crippen LogP contribution >= 0.6 is 0 Å². The van der Waals surface area contributed by atoms with Crippen molar-refractivity contribution in [3.8, 4) is 0 Å². The molecule has 0 radical (unpaired) electrons. The average Bonchev–Trinajstić information content (AvgIpc) is 2.37. The van der Waals surface area contributed by atoms with Gasteiger partial charge in [-0.05, 0) is 31.1 Å². The summed E-state index contributed by atoms with van der Waals surface area (Å²) in [6, 6.07) is -1.19. The van der Waals surface area contributed by atoms with Crippen LogP contribution in [-0.2, 0) is 4.79 Å². The molecule has 0 saturated carbocycles. The molecule has 1 rings (SSSR count). The van der Waals surface area contributed by atoms with Crippen molar-refractivity contribution in [3.63, 3.8) is 0 Å². The van der Waals surface area contributed by atoms with Crippen LogP contribution in [0.2, 0.25) is 0 Å². The molecule has 1 aliphatic heterocycles. The Labute approximate surface area is 113 Å². The standard InChI is InChI=1S/C13H24N2O4/c1-9(2)6-11(12(17)18)14-13(19)15-5-3-4-10(7-15)8-16/h9-11,16H,3-8H2,1-2H3,(H,14,19)(H,17,18)/t10?,11-/m1/s1. The molecule has 110 valence electrons. The number of carboxylic acids is 1. The van der Waals surface area contributed by atoms with E-state index in [0.29, 0.717) is 19.5 Å². The van der Waals surface area contributed by atoms with Crippen molar-refractivity contribution < 1.29 is 19.8 Å². The smallest absolute Gasteiger partial charge is 0.326 e. The zero-order chi connectivity index (χ0) is 14.4. The number of piperidine rings is 1. The molecule has 0 aromatic rings. The molecular weight excluding hydrogens is 248 g/mol. The molecule has 19 heavy (non-hydrogen) atoms. The van der Waals surface area contributed by atoms with Crippen molar-refractivity contribution in [2.75, 3.05) is 19.7 Å². The quantitative estimate of drug-likeness (QED) is 0.693. The van der Waals surface area contributed by atoms with Crippen molar-refractivity contribution >= 4 is 12.0 Å². The highest BCUT2D eigenvalue weighted by molar-refractivity contribution is 5.82. The Morgan fingerprint density at radius 1 is 1.42 bits per heavy atom. The van der Waals surface area contributed by atoms with Crippen molar-refractivity contribution in [2.45, 2.75) is 39.2 Å². The molecule has 2 amide bonds. The number of carbonyl (C=O) groups is 2. The van der Waals surface area contributed by atoms with Gasteiger partial charge in [-0.25, -0.2) is 9.59 Å². The van der Waals surface area contributed by atoms with E-state index in [9.17, 15) is 9.59 Å². The van der Waals surface area contributed by atoms with Crippen molar-refractivity contribution in [3.05, 3.63) is 0 Å². The minimum absolute atomic E-state index is 0.0676. The van der Waals surface area contributed by atoms with E-state index in [1.165, 1.54) is 0 Å². The minimum Gasteiger partial charge on any atom is -0.480 e. The Kier molecular flexibility index (Phi) is 6.08. The third-order valence-corrected chi connectivity index (χ3v) is 3.37. The average molecular weight is 272 g/mol. The van der Waals surface area contributed by atoms with Gasteiger partial charge in [0.15, 0.2) is 0 Å². The third-order valence-electron chi connectivity index (χ3n) is 3.37. The molecule has 1 fully saturated rings. The first-order valence-electron chi connectivity index (χ1n) is 6.83. The maximum atomic E-state index is 12.0. The Balaban J connectivity index is 2.53. The van der Waals surface area contributed by atoms with Crippen LogP contribution in [0.3, 0.4) is 0 Å². The lowest BCUT2D eigenvalue weighted by molar-refractivity contribution is -0.139. The van der Waals surface area contributed by atoms with Crippen LogP contribution in [0, 0.1) is 11.8 Å². The lowest BCUT2D eigenvalue weighted by Crippen LogP contribution is -2.51. The first-order valence-corrected chi connectivity index (χ1v) is 6.83. The Morgan fingerprint density at radius 2 is 2.11 bits per heavy atom. The fraction of sp³-hybridized carbons (Fsp3) is 0.846. The van der Waals surface area contributed by atoms with Gasteiger partial charge in [0.2, 0.25) is 0 Å². The third kappa shape index (κ3) is 5.06. The molecule has 0 spiro atoms. The molecule has 1 saturated heterocycles. The highest BCUT2D eigenvalue weighted by Crippen LogP contribution is 2.16. The minimum atomic E-state index is -1.00. The van der Waals surface area contributed by atoms with E-state index < -0.39 is 12.0 Å². The molecule has 0 aromatic heterocycles. The zero-order valence-electron chi connectivity index (χ0n) is 11.6. The lowest BCUT2D eigenvalue weighted by atomic mass is 9.99. The van der Waals surface area contributed by atoms with Gasteiger partial charge in [0.05, 0.1) is 0 Å². The van der Waals surface area contributed by atoms with Crippen LogP contribution in [0.5, 0.6) is 0 Å². The molecule has 0 aromatic carbocycles. The van der Waals surface area contributed by atoms with Gasteiger partial charge in [-0.15, -0.1) is 0 Å². The predicted molar refractivity (Wildman–Crippen MR) is 70.8 cm³/mol. The first-order chi connectivity index (χ1) is 8.93. The molecule has 6 heteroatoms. The number of aliphatic hydroxyl groups is 1.